The molecule has 0 atom stereocenters. The van der Waals surface area contributed by atoms with Gasteiger partial charge in [-0.1, -0.05) is 35.0 Å². The van der Waals surface area contributed by atoms with Gasteiger partial charge in [-0.2, -0.15) is 4.98 Å². The van der Waals surface area contributed by atoms with Crippen LogP contribution in [0.5, 0.6) is 5.75 Å². The number of carboxylic acids is 1. The topological polar surface area (TPSA) is 102 Å². The van der Waals surface area contributed by atoms with Crippen molar-refractivity contribution in [3.63, 3.8) is 0 Å². The molecule has 1 saturated heterocycles. The Labute approximate surface area is 207 Å². The summed E-state index contributed by atoms with van der Waals surface area (Å²) in [5, 5.41) is 15.9. The molecule has 4 aromatic rings. The van der Waals surface area contributed by atoms with E-state index < -0.39 is 5.97 Å². The standard InChI is InChI=1S/C26H25ClN4O4/c1-15(2)34-22-7-6-17(14-21(22)27)25-29-23(30-35-25)19-4-3-5-20-18(19)8-11-28-24(20)31-12-9-16(10-13-31)26(32)33/h3-8,11,14-16H,9-10,12-13H2,1-2H3,(H,32,33). The second kappa shape index (κ2) is 9.54. The van der Waals surface area contributed by atoms with Crippen molar-refractivity contribution in [1.82, 2.24) is 15.1 Å². The Balaban J connectivity index is 1.45. The Morgan fingerprint density at radius 2 is 1.97 bits per heavy atom. The summed E-state index contributed by atoms with van der Waals surface area (Å²) in [6.45, 7) is 5.18. The van der Waals surface area contributed by atoms with Gasteiger partial charge in [0, 0.05) is 35.8 Å². The molecule has 9 heteroatoms. The molecule has 180 valence electrons. The summed E-state index contributed by atoms with van der Waals surface area (Å²) in [5.74, 6) is 1.24. The first-order valence-electron chi connectivity index (χ1n) is 11.6. The van der Waals surface area contributed by atoms with Crippen molar-refractivity contribution in [2.24, 2.45) is 5.92 Å². The number of nitrogens with zero attached hydrogens (tertiary/aromatic N) is 4. The zero-order chi connectivity index (χ0) is 24.5. The van der Waals surface area contributed by atoms with Crippen LogP contribution in [0, 0.1) is 5.92 Å². The number of aliphatic carboxylic acids is 1. The Kier molecular flexibility index (Phi) is 6.30. The summed E-state index contributed by atoms with van der Waals surface area (Å²) in [6.07, 6.45) is 2.98. The van der Waals surface area contributed by atoms with E-state index in [9.17, 15) is 9.90 Å². The van der Waals surface area contributed by atoms with Gasteiger partial charge in [0.25, 0.3) is 5.89 Å². The second-order valence-corrected chi connectivity index (χ2v) is 9.28. The number of piperidine rings is 1. The maximum Gasteiger partial charge on any atom is 0.306 e. The number of anilines is 1. The maximum absolute atomic E-state index is 11.3. The quantitative estimate of drug-likeness (QED) is 0.366. The molecule has 35 heavy (non-hydrogen) atoms. The lowest BCUT2D eigenvalue weighted by Gasteiger charge is -2.31. The normalized spacial score (nSPS) is 14.6. The van der Waals surface area contributed by atoms with E-state index in [0.717, 1.165) is 22.2 Å². The van der Waals surface area contributed by atoms with Crippen LogP contribution in [0.25, 0.3) is 33.6 Å². The predicted molar refractivity (Wildman–Crippen MR) is 134 cm³/mol. The van der Waals surface area contributed by atoms with Gasteiger partial charge in [0.2, 0.25) is 5.82 Å². The van der Waals surface area contributed by atoms with Gasteiger partial charge in [-0.25, -0.2) is 4.98 Å². The summed E-state index contributed by atoms with van der Waals surface area (Å²) in [5.41, 5.74) is 1.53. The number of fused-ring (bicyclic) bond motifs is 1. The fourth-order valence-electron chi connectivity index (χ4n) is 4.41. The van der Waals surface area contributed by atoms with Crippen molar-refractivity contribution in [3.8, 4) is 28.6 Å². The minimum absolute atomic E-state index is 0.0163. The minimum atomic E-state index is -0.728. The molecule has 3 heterocycles. The molecule has 0 amide bonds. The zero-order valence-corrected chi connectivity index (χ0v) is 20.2. The molecule has 5 rings (SSSR count). The second-order valence-electron chi connectivity index (χ2n) is 8.87. The van der Waals surface area contributed by atoms with Crippen LogP contribution in [0.3, 0.4) is 0 Å². The molecule has 2 aromatic heterocycles. The molecule has 0 spiro atoms. The van der Waals surface area contributed by atoms with Gasteiger partial charge in [0.05, 0.1) is 17.0 Å². The van der Waals surface area contributed by atoms with Gasteiger partial charge in [0.15, 0.2) is 0 Å². The van der Waals surface area contributed by atoms with Crippen LogP contribution < -0.4 is 9.64 Å². The first-order chi connectivity index (χ1) is 16.9. The first-order valence-corrected chi connectivity index (χ1v) is 11.9. The molecular weight excluding hydrogens is 468 g/mol. The smallest absolute Gasteiger partial charge is 0.306 e. The van der Waals surface area contributed by atoms with Crippen molar-refractivity contribution < 1.29 is 19.2 Å². The van der Waals surface area contributed by atoms with E-state index in [4.69, 9.17) is 20.9 Å². The SMILES string of the molecule is CC(C)Oc1ccc(-c2nc(-c3cccc4c(N5CCC(C(=O)O)CC5)nccc34)no2)cc1Cl. The van der Waals surface area contributed by atoms with E-state index in [-0.39, 0.29) is 12.0 Å². The fourth-order valence-corrected chi connectivity index (χ4v) is 4.64. The molecule has 1 fully saturated rings. The van der Waals surface area contributed by atoms with Crippen LogP contribution in [0.4, 0.5) is 5.82 Å². The highest BCUT2D eigenvalue weighted by atomic mass is 35.5. The lowest BCUT2D eigenvalue weighted by molar-refractivity contribution is -0.142. The highest BCUT2D eigenvalue weighted by Crippen LogP contribution is 2.35. The summed E-state index contributed by atoms with van der Waals surface area (Å²) in [4.78, 5) is 22.7. The molecule has 0 unspecified atom stereocenters. The largest absolute Gasteiger partial charge is 0.489 e. The number of halogens is 1. The number of hydrogen-bond acceptors (Lipinski definition) is 7. The van der Waals surface area contributed by atoms with Crippen LogP contribution in [-0.2, 0) is 4.79 Å². The number of carboxylic acid groups (broad SMARTS) is 1. The number of benzene rings is 2. The summed E-state index contributed by atoms with van der Waals surface area (Å²) < 4.78 is 11.3. The molecule has 2 aromatic carbocycles. The van der Waals surface area contributed by atoms with E-state index in [2.05, 4.69) is 20.0 Å². The van der Waals surface area contributed by atoms with Crippen molar-refractivity contribution in [1.29, 1.82) is 0 Å². The van der Waals surface area contributed by atoms with Crippen molar-refractivity contribution >= 4 is 34.2 Å². The lowest BCUT2D eigenvalue weighted by Crippen LogP contribution is -2.36. The molecule has 0 saturated carbocycles. The van der Waals surface area contributed by atoms with Gasteiger partial charge >= 0.3 is 5.97 Å². The average molecular weight is 493 g/mol. The molecular formula is C26H25ClN4O4. The van der Waals surface area contributed by atoms with E-state index in [1.807, 2.05) is 44.2 Å². The van der Waals surface area contributed by atoms with Crippen LogP contribution in [0.1, 0.15) is 26.7 Å². The van der Waals surface area contributed by atoms with Gasteiger partial charge in [-0.3, -0.25) is 4.79 Å². The van der Waals surface area contributed by atoms with Crippen molar-refractivity contribution in [3.05, 3.63) is 53.7 Å². The van der Waals surface area contributed by atoms with Gasteiger partial charge < -0.3 is 19.3 Å². The molecule has 0 aliphatic carbocycles. The number of hydrogen-bond donors (Lipinski definition) is 1. The van der Waals surface area contributed by atoms with E-state index in [1.165, 1.54) is 0 Å². The van der Waals surface area contributed by atoms with Crippen molar-refractivity contribution in [2.75, 3.05) is 18.0 Å². The van der Waals surface area contributed by atoms with E-state index in [1.54, 1.807) is 18.3 Å². The number of rotatable bonds is 6. The Morgan fingerprint density at radius 1 is 1.17 bits per heavy atom. The minimum Gasteiger partial charge on any atom is -0.489 e. The lowest BCUT2D eigenvalue weighted by atomic mass is 9.96. The average Bonchev–Trinajstić information content (AvgIpc) is 3.34. The molecule has 8 nitrogen and oxygen atoms in total. The third-order valence-electron chi connectivity index (χ3n) is 6.14. The number of ether oxygens (including phenoxy) is 1. The summed E-state index contributed by atoms with van der Waals surface area (Å²) in [7, 11) is 0. The Morgan fingerprint density at radius 3 is 2.69 bits per heavy atom. The molecule has 0 bridgehead atoms. The summed E-state index contributed by atoms with van der Waals surface area (Å²) >= 11 is 6.38. The molecule has 1 N–H and O–H groups in total. The third-order valence-corrected chi connectivity index (χ3v) is 6.43. The zero-order valence-electron chi connectivity index (χ0n) is 19.4. The molecule has 1 aliphatic heterocycles. The number of pyridine rings is 1. The third kappa shape index (κ3) is 4.66. The molecule has 1 aliphatic rings. The number of aromatic nitrogens is 3. The van der Waals surface area contributed by atoms with E-state index >= 15 is 0 Å². The molecule has 0 radical (unpaired) electrons. The number of carbonyl (C=O) groups is 1. The Bertz CT molecular complexity index is 1380. The van der Waals surface area contributed by atoms with Crippen LogP contribution in [0.2, 0.25) is 5.02 Å². The van der Waals surface area contributed by atoms with Crippen LogP contribution in [0.15, 0.2) is 53.2 Å². The summed E-state index contributed by atoms with van der Waals surface area (Å²) in [6, 6.07) is 13.2. The van der Waals surface area contributed by atoms with Crippen LogP contribution >= 0.6 is 11.6 Å². The van der Waals surface area contributed by atoms with Crippen LogP contribution in [-0.4, -0.2) is 45.4 Å². The van der Waals surface area contributed by atoms with E-state index in [0.29, 0.717) is 54.0 Å². The van der Waals surface area contributed by atoms with Gasteiger partial charge in [-0.15, -0.1) is 0 Å². The first kappa shape index (κ1) is 23.1. The van der Waals surface area contributed by atoms with Gasteiger partial charge in [0.1, 0.15) is 11.6 Å². The predicted octanol–water partition coefficient (Wildman–Crippen LogP) is 5.69. The monoisotopic (exact) mass is 492 g/mol. The maximum atomic E-state index is 11.3. The Hall–Kier alpha value is -3.65. The van der Waals surface area contributed by atoms with Gasteiger partial charge in [-0.05, 0) is 56.3 Å². The highest BCUT2D eigenvalue weighted by molar-refractivity contribution is 6.32. The highest BCUT2D eigenvalue weighted by Gasteiger charge is 2.26. The van der Waals surface area contributed by atoms with Crippen molar-refractivity contribution in [2.45, 2.75) is 32.8 Å². The fraction of sp³-hybridized carbons (Fsp3) is 0.308.